The Bertz CT molecular complexity index is 608. The van der Waals surface area contributed by atoms with Gasteiger partial charge in [-0.25, -0.2) is 0 Å². The van der Waals surface area contributed by atoms with Crippen LogP contribution >= 0.6 is 11.6 Å². The molecular weight excluding hydrogens is 328 g/mol. The second kappa shape index (κ2) is 7.87. The van der Waals surface area contributed by atoms with E-state index < -0.39 is 19.0 Å². The van der Waals surface area contributed by atoms with Gasteiger partial charge in [0.05, 0.1) is 5.92 Å². The number of hydrogen-bond acceptors (Lipinski definition) is 4. The van der Waals surface area contributed by atoms with E-state index in [4.69, 9.17) is 27.4 Å². The van der Waals surface area contributed by atoms with Crippen LogP contribution in [-0.4, -0.2) is 28.2 Å². The molecule has 5 N–H and O–H groups in total. The second-order valence-corrected chi connectivity index (χ2v) is 7.44. The Hall–Kier alpha value is -1.08. The van der Waals surface area contributed by atoms with Gasteiger partial charge in [-0.15, -0.1) is 0 Å². The van der Waals surface area contributed by atoms with Crippen molar-refractivity contribution in [2.24, 2.45) is 17.6 Å². The molecule has 7 heteroatoms. The van der Waals surface area contributed by atoms with Crippen molar-refractivity contribution in [1.29, 1.82) is 0 Å². The molecule has 1 aliphatic rings. The van der Waals surface area contributed by atoms with E-state index in [0.717, 1.165) is 16.7 Å². The largest absolute Gasteiger partial charge is 0.481 e. The SMILES string of the molecule is CC(C)C(N)c1cc2c(cc1Cl)C[C@H](CCCB(O)O)[C@@H]2C(=O)O. The van der Waals surface area contributed by atoms with Crippen LogP contribution in [0.4, 0.5) is 0 Å². The quantitative estimate of drug-likeness (QED) is 0.564. The number of carboxylic acids is 1. The Labute approximate surface area is 148 Å². The zero-order valence-electron chi connectivity index (χ0n) is 14.1. The average molecular weight is 354 g/mol. The predicted octanol–water partition coefficient (Wildman–Crippen LogP) is 2.59. The van der Waals surface area contributed by atoms with Crippen LogP contribution in [0.2, 0.25) is 11.3 Å². The first-order chi connectivity index (χ1) is 11.2. The van der Waals surface area contributed by atoms with Crippen molar-refractivity contribution in [1.82, 2.24) is 0 Å². The van der Waals surface area contributed by atoms with Crippen molar-refractivity contribution >= 4 is 24.7 Å². The van der Waals surface area contributed by atoms with Crippen molar-refractivity contribution in [3.63, 3.8) is 0 Å². The van der Waals surface area contributed by atoms with Crippen molar-refractivity contribution in [2.75, 3.05) is 0 Å². The van der Waals surface area contributed by atoms with E-state index in [9.17, 15) is 9.90 Å². The van der Waals surface area contributed by atoms with Gasteiger partial charge in [-0.05, 0) is 53.8 Å². The van der Waals surface area contributed by atoms with Crippen LogP contribution in [0.5, 0.6) is 0 Å². The van der Waals surface area contributed by atoms with Gasteiger partial charge in [0.15, 0.2) is 0 Å². The number of carbonyl (C=O) groups is 1. The third-order valence-corrected chi connectivity index (χ3v) is 5.26. The molecule has 0 radical (unpaired) electrons. The number of fused-ring (bicyclic) bond motifs is 1. The van der Waals surface area contributed by atoms with Crippen LogP contribution in [0.25, 0.3) is 0 Å². The molecule has 2 rings (SSSR count). The standard InChI is InChI=1S/C17H25BClNO4/c1-9(2)16(20)13-8-12-11(7-14(13)19)6-10(15(12)17(21)22)4-3-5-18(23)24/h7-10,15-16,23-24H,3-6,20H2,1-2H3,(H,21,22)/t10-,15-,16?/m0/s1. The Morgan fingerprint density at radius 1 is 1.42 bits per heavy atom. The highest BCUT2D eigenvalue weighted by molar-refractivity contribution is 6.40. The lowest BCUT2D eigenvalue weighted by molar-refractivity contribution is -0.139. The molecule has 132 valence electrons. The fourth-order valence-corrected chi connectivity index (χ4v) is 3.86. The normalized spacial score (nSPS) is 21.0. The van der Waals surface area contributed by atoms with Crippen LogP contribution in [0.3, 0.4) is 0 Å². The number of hydrogen-bond donors (Lipinski definition) is 4. The minimum atomic E-state index is -1.35. The van der Waals surface area contributed by atoms with Crippen LogP contribution in [0.15, 0.2) is 12.1 Å². The molecule has 0 saturated carbocycles. The predicted molar refractivity (Wildman–Crippen MR) is 95.0 cm³/mol. The lowest BCUT2D eigenvalue weighted by Crippen LogP contribution is -2.20. The van der Waals surface area contributed by atoms with E-state index in [1.807, 2.05) is 26.0 Å². The van der Waals surface area contributed by atoms with Gasteiger partial charge in [-0.1, -0.05) is 37.9 Å². The summed E-state index contributed by atoms with van der Waals surface area (Å²) in [6, 6.07) is 3.48. The summed E-state index contributed by atoms with van der Waals surface area (Å²) in [6.07, 6.45) is 2.10. The molecule has 5 nitrogen and oxygen atoms in total. The first-order valence-electron chi connectivity index (χ1n) is 8.39. The van der Waals surface area contributed by atoms with E-state index in [2.05, 4.69) is 0 Å². The van der Waals surface area contributed by atoms with E-state index in [1.165, 1.54) is 0 Å². The summed E-state index contributed by atoms with van der Waals surface area (Å²) in [6.45, 7) is 4.01. The molecule has 0 bridgehead atoms. The minimum Gasteiger partial charge on any atom is -0.481 e. The lowest BCUT2D eigenvalue weighted by Gasteiger charge is -2.20. The number of rotatable bonds is 7. The smallest absolute Gasteiger partial charge is 0.451 e. The zero-order chi connectivity index (χ0) is 18.0. The Morgan fingerprint density at radius 3 is 2.62 bits per heavy atom. The van der Waals surface area contributed by atoms with Crippen LogP contribution in [-0.2, 0) is 11.2 Å². The number of halogens is 1. The molecule has 0 aromatic heterocycles. The highest BCUT2D eigenvalue weighted by Gasteiger charge is 2.38. The van der Waals surface area contributed by atoms with Gasteiger partial charge >= 0.3 is 13.1 Å². The number of nitrogens with two attached hydrogens (primary N) is 1. The van der Waals surface area contributed by atoms with E-state index >= 15 is 0 Å². The van der Waals surface area contributed by atoms with Crippen molar-refractivity contribution in [3.05, 3.63) is 33.8 Å². The molecule has 24 heavy (non-hydrogen) atoms. The van der Waals surface area contributed by atoms with Gasteiger partial charge in [0, 0.05) is 11.1 Å². The maximum Gasteiger partial charge on any atom is 0.451 e. The first kappa shape index (κ1) is 19.3. The molecule has 0 fully saturated rings. The van der Waals surface area contributed by atoms with Crippen LogP contribution in [0.1, 0.15) is 55.3 Å². The van der Waals surface area contributed by atoms with Gasteiger partial charge in [0.2, 0.25) is 0 Å². The molecule has 1 aromatic carbocycles. The number of carboxylic acid groups (broad SMARTS) is 1. The Balaban J connectivity index is 2.29. The number of aliphatic carboxylic acids is 1. The topological polar surface area (TPSA) is 104 Å². The van der Waals surface area contributed by atoms with Gasteiger partial charge < -0.3 is 20.9 Å². The molecule has 1 unspecified atom stereocenters. The molecule has 1 aliphatic carbocycles. The molecule has 0 heterocycles. The van der Waals surface area contributed by atoms with E-state index in [-0.39, 0.29) is 24.2 Å². The summed E-state index contributed by atoms with van der Waals surface area (Å²) in [5.41, 5.74) is 8.77. The highest BCUT2D eigenvalue weighted by Crippen LogP contribution is 2.44. The first-order valence-corrected chi connectivity index (χ1v) is 8.76. The average Bonchev–Trinajstić information content (AvgIpc) is 2.82. The third-order valence-electron chi connectivity index (χ3n) is 4.93. The van der Waals surface area contributed by atoms with Crippen molar-refractivity contribution < 1.29 is 19.9 Å². The Morgan fingerprint density at radius 2 is 2.08 bits per heavy atom. The monoisotopic (exact) mass is 353 g/mol. The van der Waals surface area contributed by atoms with Gasteiger partial charge in [0.25, 0.3) is 0 Å². The zero-order valence-corrected chi connectivity index (χ0v) is 14.8. The second-order valence-electron chi connectivity index (χ2n) is 7.03. The summed E-state index contributed by atoms with van der Waals surface area (Å²) < 4.78 is 0. The lowest BCUT2D eigenvalue weighted by atomic mass is 9.80. The fraction of sp³-hybridized carbons (Fsp3) is 0.588. The van der Waals surface area contributed by atoms with Gasteiger partial charge in [0.1, 0.15) is 0 Å². The molecular formula is C17H25BClNO4. The van der Waals surface area contributed by atoms with E-state index in [1.54, 1.807) is 0 Å². The highest BCUT2D eigenvalue weighted by atomic mass is 35.5. The minimum absolute atomic E-state index is 0.0576. The van der Waals surface area contributed by atoms with E-state index in [0.29, 0.717) is 24.3 Å². The van der Waals surface area contributed by atoms with Crippen molar-refractivity contribution in [2.45, 2.75) is 51.4 Å². The molecule has 3 atom stereocenters. The molecule has 0 saturated heterocycles. The summed E-state index contributed by atoms with van der Waals surface area (Å²) in [7, 11) is -1.35. The number of benzene rings is 1. The summed E-state index contributed by atoms with van der Waals surface area (Å²) in [5.74, 6) is -1.30. The maximum atomic E-state index is 11.8. The van der Waals surface area contributed by atoms with Gasteiger partial charge in [-0.2, -0.15) is 0 Å². The van der Waals surface area contributed by atoms with Crippen molar-refractivity contribution in [3.8, 4) is 0 Å². The molecule has 1 aromatic rings. The maximum absolute atomic E-state index is 11.8. The third kappa shape index (κ3) is 4.12. The fourth-order valence-electron chi connectivity index (χ4n) is 3.55. The van der Waals surface area contributed by atoms with Crippen LogP contribution in [0, 0.1) is 11.8 Å². The molecule has 0 amide bonds. The molecule has 0 spiro atoms. The summed E-state index contributed by atoms with van der Waals surface area (Å²) in [5, 5.41) is 28.2. The molecule has 0 aliphatic heterocycles. The summed E-state index contributed by atoms with van der Waals surface area (Å²) >= 11 is 6.37. The Kier molecular flexibility index (Phi) is 6.31. The van der Waals surface area contributed by atoms with Crippen LogP contribution < -0.4 is 5.73 Å². The van der Waals surface area contributed by atoms with Gasteiger partial charge in [-0.3, -0.25) is 4.79 Å². The summed E-state index contributed by atoms with van der Waals surface area (Å²) in [4.78, 5) is 11.8.